The molecule has 1 atom stereocenters. The summed E-state index contributed by atoms with van der Waals surface area (Å²) in [4.78, 5) is 14.7. The van der Waals surface area contributed by atoms with E-state index in [2.05, 4.69) is 34.5 Å². The van der Waals surface area contributed by atoms with Crippen LogP contribution in [0.1, 0.15) is 18.1 Å². The summed E-state index contributed by atoms with van der Waals surface area (Å²) in [7, 11) is 1.62. The second-order valence-corrected chi connectivity index (χ2v) is 5.89. The lowest BCUT2D eigenvalue weighted by atomic mass is 9.99. The first-order valence-corrected chi connectivity index (χ1v) is 7.93. The number of hydrogen-bond donors (Lipinski definition) is 1. The predicted molar refractivity (Wildman–Crippen MR) is 91.6 cm³/mol. The van der Waals surface area contributed by atoms with Crippen molar-refractivity contribution in [2.75, 3.05) is 19.0 Å². The van der Waals surface area contributed by atoms with Crippen LogP contribution in [0.15, 0.2) is 48.5 Å². The number of ether oxygens (including phenoxy) is 1. The van der Waals surface area contributed by atoms with E-state index < -0.39 is 0 Å². The van der Waals surface area contributed by atoms with E-state index in [4.69, 9.17) is 4.74 Å². The largest absolute Gasteiger partial charge is 0.497 e. The third kappa shape index (κ3) is 3.54. The van der Waals surface area contributed by atoms with Gasteiger partial charge in [0.05, 0.1) is 13.2 Å². The number of rotatable bonds is 4. The lowest BCUT2D eigenvalue weighted by Crippen LogP contribution is -2.44. The Morgan fingerprint density at radius 3 is 2.74 bits per heavy atom. The Bertz CT molecular complexity index is 699. The van der Waals surface area contributed by atoms with E-state index in [1.807, 2.05) is 31.2 Å². The molecule has 4 nitrogen and oxygen atoms in total. The molecule has 1 aliphatic rings. The zero-order valence-electron chi connectivity index (χ0n) is 13.6. The van der Waals surface area contributed by atoms with Crippen LogP contribution in [0, 0.1) is 0 Å². The molecule has 0 fully saturated rings. The third-order valence-corrected chi connectivity index (χ3v) is 4.42. The summed E-state index contributed by atoms with van der Waals surface area (Å²) in [5, 5.41) is 2.98. The van der Waals surface area contributed by atoms with Gasteiger partial charge in [-0.2, -0.15) is 0 Å². The molecule has 4 heteroatoms. The van der Waals surface area contributed by atoms with Crippen LogP contribution in [0.25, 0.3) is 0 Å². The van der Waals surface area contributed by atoms with Crippen molar-refractivity contribution in [3.8, 4) is 5.75 Å². The molecule has 1 aliphatic heterocycles. The third-order valence-electron chi connectivity index (χ3n) is 4.42. The van der Waals surface area contributed by atoms with Crippen LogP contribution in [-0.4, -0.2) is 30.5 Å². The van der Waals surface area contributed by atoms with Gasteiger partial charge in [-0.05, 0) is 36.6 Å². The number of nitrogens with zero attached hydrogens (tertiary/aromatic N) is 1. The molecule has 0 aliphatic carbocycles. The summed E-state index contributed by atoms with van der Waals surface area (Å²) in [6.07, 6.45) is 0.993. The lowest BCUT2D eigenvalue weighted by molar-refractivity contribution is -0.121. The average molecular weight is 310 g/mol. The fourth-order valence-electron chi connectivity index (χ4n) is 2.96. The van der Waals surface area contributed by atoms with Crippen LogP contribution < -0.4 is 10.1 Å². The number of amides is 1. The summed E-state index contributed by atoms with van der Waals surface area (Å²) in [6, 6.07) is 15.7. The molecule has 0 saturated carbocycles. The van der Waals surface area contributed by atoms with Gasteiger partial charge in [0, 0.05) is 24.8 Å². The number of carbonyl (C=O) groups excluding carboxylic acids is 1. The van der Waals surface area contributed by atoms with Gasteiger partial charge in [0.1, 0.15) is 5.75 Å². The molecule has 1 N–H and O–H groups in total. The molecule has 0 saturated heterocycles. The van der Waals surface area contributed by atoms with Crippen LogP contribution in [0.4, 0.5) is 5.69 Å². The fraction of sp³-hybridized carbons (Fsp3) is 0.316. The number of benzene rings is 2. The highest BCUT2D eigenvalue weighted by Crippen LogP contribution is 2.21. The summed E-state index contributed by atoms with van der Waals surface area (Å²) in [6.45, 7) is 3.69. The van der Waals surface area contributed by atoms with Crippen molar-refractivity contribution in [3.63, 3.8) is 0 Å². The van der Waals surface area contributed by atoms with Gasteiger partial charge in [-0.3, -0.25) is 9.69 Å². The number of carbonyl (C=O) groups is 1. The highest BCUT2D eigenvalue weighted by atomic mass is 16.5. The fourth-order valence-corrected chi connectivity index (χ4v) is 2.96. The molecular weight excluding hydrogens is 288 g/mol. The van der Waals surface area contributed by atoms with Gasteiger partial charge in [-0.15, -0.1) is 0 Å². The minimum absolute atomic E-state index is 0.0117. The number of anilines is 1. The van der Waals surface area contributed by atoms with Gasteiger partial charge in [-0.1, -0.05) is 30.3 Å². The summed E-state index contributed by atoms with van der Waals surface area (Å²) >= 11 is 0. The number of methoxy groups -OCH3 is 1. The van der Waals surface area contributed by atoms with Crippen molar-refractivity contribution in [1.82, 2.24) is 4.90 Å². The van der Waals surface area contributed by atoms with E-state index in [1.54, 1.807) is 7.11 Å². The van der Waals surface area contributed by atoms with Gasteiger partial charge in [0.15, 0.2) is 0 Å². The summed E-state index contributed by atoms with van der Waals surface area (Å²) in [5.74, 6) is 0.750. The van der Waals surface area contributed by atoms with Crippen molar-refractivity contribution in [1.29, 1.82) is 0 Å². The highest BCUT2D eigenvalue weighted by molar-refractivity contribution is 5.94. The van der Waals surface area contributed by atoms with Gasteiger partial charge in [0.2, 0.25) is 5.91 Å². The van der Waals surface area contributed by atoms with Crippen molar-refractivity contribution in [2.45, 2.75) is 25.9 Å². The van der Waals surface area contributed by atoms with Crippen molar-refractivity contribution >= 4 is 11.6 Å². The molecule has 2 aromatic rings. The first-order valence-electron chi connectivity index (χ1n) is 7.93. The Morgan fingerprint density at radius 1 is 1.17 bits per heavy atom. The van der Waals surface area contributed by atoms with E-state index in [1.165, 1.54) is 11.1 Å². The SMILES string of the molecule is COc1cccc(NC(=O)[C@H](C)N2CCc3ccccc3C2)c1. The maximum atomic E-state index is 12.5. The summed E-state index contributed by atoms with van der Waals surface area (Å²) in [5.41, 5.74) is 3.47. The second kappa shape index (κ2) is 6.84. The van der Waals surface area contributed by atoms with Gasteiger partial charge in [0.25, 0.3) is 0 Å². The average Bonchev–Trinajstić information content (AvgIpc) is 2.60. The first kappa shape index (κ1) is 15.6. The number of nitrogens with one attached hydrogen (secondary N) is 1. The van der Waals surface area contributed by atoms with Crippen molar-refractivity contribution in [3.05, 3.63) is 59.7 Å². The van der Waals surface area contributed by atoms with E-state index >= 15 is 0 Å². The standard InChI is InChI=1S/C19H22N2O2/c1-14(19(22)20-17-8-5-9-18(12-17)23-2)21-11-10-15-6-3-4-7-16(15)13-21/h3-9,12,14H,10-11,13H2,1-2H3,(H,20,22)/t14-/m0/s1. The Hall–Kier alpha value is -2.33. The Labute approximate surface area is 137 Å². The van der Waals surface area contributed by atoms with Crippen LogP contribution in [-0.2, 0) is 17.8 Å². The molecule has 120 valence electrons. The normalized spacial score (nSPS) is 15.6. The molecule has 0 aromatic heterocycles. The van der Waals surface area contributed by atoms with Gasteiger partial charge < -0.3 is 10.1 Å². The zero-order valence-corrected chi connectivity index (χ0v) is 13.6. The molecule has 1 heterocycles. The number of fused-ring (bicyclic) bond motifs is 1. The number of hydrogen-bond acceptors (Lipinski definition) is 3. The topological polar surface area (TPSA) is 41.6 Å². The maximum Gasteiger partial charge on any atom is 0.241 e. The van der Waals surface area contributed by atoms with Crippen molar-refractivity contribution < 1.29 is 9.53 Å². The Kier molecular flexibility index (Phi) is 4.63. The van der Waals surface area contributed by atoms with Crippen LogP contribution in [0.3, 0.4) is 0 Å². The Morgan fingerprint density at radius 2 is 1.96 bits per heavy atom. The van der Waals surface area contributed by atoms with Crippen LogP contribution in [0.2, 0.25) is 0 Å². The van der Waals surface area contributed by atoms with E-state index in [-0.39, 0.29) is 11.9 Å². The molecular formula is C19H22N2O2. The smallest absolute Gasteiger partial charge is 0.241 e. The van der Waals surface area contributed by atoms with Crippen molar-refractivity contribution in [2.24, 2.45) is 0 Å². The molecule has 2 aromatic carbocycles. The molecule has 0 spiro atoms. The van der Waals surface area contributed by atoms with Gasteiger partial charge in [-0.25, -0.2) is 0 Å². The van der Waals surface area contributed by atoms with Crippen LogP contribution >= 0.6 is 0 Å². The summed E-state index contributed by atoms with van der Waals surface area (Å²) < 4.78 is 5.19. The first-order chi connectivity index (χ1) is 11.2. The molecule has 23 heavy (non-hydrogen) atoms. The van der Waals surface area contributed by atoms with E-state index in [0.717, 1.165) is 30.9 Å². The van der Waals surface area contributed by atoms with Gasteiger partial charge >= 0.3 is 0 Å². The van der Waals surface area contributed by atoms with E-state index in [0.29, 0.717) is 0 Å². The maximum absolute atomic E-state index is 12.5. The molecule has 0 radical (unpaired) electrons. The molecule has 1 amide bonds. The minimum atomic E-state index is -0.172. The molecule has 0 unspecified atom stereocenters. The lowest BCUT2D eigenvalue weighted by Gasteiger charge is -2.32. The minimum Gasteiger partial charge on any atom is -0.497 e. The van der Waals surface area contributed by atoms with Crippen LogP contribution in [0.5, 0.6) is 5.75 Å². The predicted octanol–water partition coefficient (Wildman–Crippen LogP) is 3.08. The second-order valence-electron chi connectivity index (χ2n) is 5.89. The Balaban J connectivity index is 1.66. The zero-order chi connectivity index (χ0) is 16.2. The quantitative estimate of drug-likeness (QED) is 0.943. The highest BCUT2D eigenvalue weighted by Gasteiger charge is 2.25. The molecule has 3 rings (SSSR count). The van der Waals surface area contributed by atoms with E-state index in [9.17, 15) is 4.79 Å². The molecule has 0 bridgehead atoms. The monoisotopic (exact) mass is 310 g/mol.